The third kappa shape index (κ3) is 6.99. The Hall–Kier alpha value is -3.95. The van der Waals surface area contributed by atoms with E-state index < -0.39 is 0 Å². The Morgan fingerprint density at radius 1 is 0.711 bits per heavy atom. The zero-order valence-corrected chi connectivity index (χ0v) is 26.5. The predicted octanol–water partition coefficient (Wildman–Crippen LogP) is 6.69. The minimum Gasteiger partial charge on any atom is -0.378 e. The van der Waals surface area contributed by atoms with Crippen LogP contribution in [0.3, 0.4) is 0 Å². The number of hydrogen-bond acceptors (Lipinski definition) is 8. The molecule has 10 heteroatoms. The maximum absolute atomic E-state index is 6.25. The molecule has 1 N–H and O–H groups in total. The second-order valence-electron chi connectivity index (χ2n) is 11.5. The van der Waals surface area contributed by atoms with Gasteiger partial charge in [-0.25, -0.2) is 4.98 Å². The molecule has 2 saturated heterocycles. The molecule has 2 aliphatic rings. The summed E-state index contributed by atoms with van der Waals surface area (Å²) < 4.78 is 5.49. The largest absolute Gasteiger partial charge is 0.378 e. The Morgan fingerprint density at radius 3 is 2.16 bits per heavy atom. The van der Waals surface area contributed by atoms with Gasteiger partial charge >= 0.3 is 0 Å². The van der Waals surface area contributed by atoms with Crippen LogP contribution in [0.25, 0.3) is 10.9 Å². The van der Waals surface area contributed by atoms with E-state index in [9.17, 15) is 0 Å². The lowest BCUT2D eigenvalue weighted by molar-refractivity contribution is 0.122. The summed E-state index contributed by atoms with van der Waals surface area (Å²) in [7, 11) is 0. The second-order valence-corrected chi connectivity index (χ2v) is 12.3. The smallest absolute Gasteiger partial charge is 0.227 e. The number of anilines is 3. The summed E-state index contributed by atoms with van der Waals surface area (Å²) in [5.41, 5.74) is 5.45. The van der Waals surface area contributed by atoms with Crippen LogP contribution in [0.1, 0.15) is 22.7 Å². The first-order chi connectivity index (χ1) is 22.1. The zero-order chi connectivity index (χ0) is 30.6. The van der Waals surface area contributed by atoms with Gasteiger partial charge in [-0.05, 0) is 59.2 Å². The fourth-order valence-electron chi connectivity index (χ4n) is 6.06. The highest BCUT2D eigenvalue weighted by atomic mass is 35.5. The van der Waals surface area contributed by atoms with Crippen molar-refractivity contribution in [2.75, 3.05) is 67.6 Å². The van der Waals surface area contributed by atoms with E-state index in [1.165, 1.54) is 11.1 Å². The number of benzene rings is 3. The molecule has 0 amide bonds. The van der Waals surface area contributed by atoms with Crippen LogP contribution >= 0.6 is 23.2 Å². The number of morpholine rings is 1. The van der Waals surface area contributed by atoms with Crippen LogP contribution in [0.15, 0.2) is 91.3 Å². The van der Waals surface area contributed by atoms with Crippen molar-refractivity contribution in [3.63, 3.8) is 0 Å². The van der Waals surface area contributed by atoms with Crippen molar-refractivity contribution in [1.29, 1.82) is 0 Å². The lowest BCUT2D eigenvalue weighted by Crippen LogP contribution is -2.46. The third-order valence-electron chi connectivity index (χ3n) is 8.55. The van der Waals surface area contributed by atoms with E-state index in [0.29, 0.717) is 10.0 Å². The molecule has 230 valence electrons. The Morgan fingerprint density at radius 2 is 1.40 bits per heavy atom. The molecule has 2 aliphatic heterocycles. The number of ether oxygens (including phenoxy) is 1. The summed E-state index contributed by atoms with van der Waals surface area (Å²) in [6.45, 7) is 7.86. The molecule has 1 atom stereocenters. The number of nitrogens with one attached hydrogen (secondary N) is 1. The van der Waals surface area contributed by atoms with Crippen LogP contribution in [0.4, 0.5) is 17.5 Å². The Kier molecular flexibility index (Phi) is 8.98. The van der Waals surface area contributed by atoms with E-state index in [2.05, 4.69) is 66.4 Å². The molecule has 7 rings (SSSR count). The maximum Gasteiger partial charge on any atom is 0.227 e. The summed E-state index contributed by atoms with van der Waals surface area (Å²) in [6.07, 6.45) is 3.69. The molecule has 2 fully saturated rings. The van der Waals surface area contributed by atoms with E-state index in [-0.39, 0.29) is 6.04 Å². The number of rotatable bonds is 8. The maximum atomic E-state index is 6.25. The molecule has 4 heterocycles. The quantitative estimate of drug-likeness (QED) is 0.201. The van der Waals surface area contributed by atoms with Crippen molar-refractivity contribution >= 4 is 51.6 Å². The molecular weight excluding hydrogens is 605 g/mol. The lowest BCUT2D eigenvalue weighted by atomic mass is 9.97. The summed E-state index contributed by atoms with van der Waals surface area (Å²) >= 11 is 12.5. The number of hydrogen-bond donors (Lipinski definition) is 1. The average molecular weight is 641 g/mol. The van der Waals surface area contributed by atoms with Crippen LogP contribution in [0.5, 0.6) is 0 Å². The molecule has 8 nitrogen and oxygen atoms in total. The predicted molar refractivity (Wildman–Crippen MR) is 183 cm³/mol. The van der Waals surface area contributed by atoms with Crippen molar-refractivity contribution < 1.29 is 4.74 Å². The molecule has 1 unspecified atom stereocenters. The number of nitrogens with zero attached hydrogens (tertiary/aromatic N) is 6. The molecular formula is C35H35Cl2N7O. The second kappa shape index (κ2) is 13.6. The highest BCUT2D eigenvalue weighted by Crippen LogP contribution is 2.32. The van der Waals surface area contributed by atoms with Crippen molar-refractivity contribution in [3.8, 4) is 0 Å². The Balaban J connectivity index is 1.03. The minimum atomic E-state index is -0.0728. The molecule has 0 bridgehead atoms. The van der Waals surface area contributed by atoms with Crippen LogP contribution in [0.2, 0.25) is 10.0 Å². The summed E-state index contributed by atoms with van der Waals surface area (Å²) in [5.74, 6) is 1.80. The van der Waals surface area contributed by atoms with Gasteiger partial charge in [0.05, 0.1) is 24.8 Å². The van der Waals surface area contributed by atoms with Crippen molar-refractivity contribution in [2.24, 2.45) is 0 Å². The van der Waals surface area contributed by atoms with E-state index in [1.54, 1.807) is 0 Å². The van der Waals surface area contributed by atoms with E-state index >= 15 is 0 Å². The van der Waals surface area contributed by atoms with Crippen molar-refractivity contribution in [1.82, 2.24) is 19.9 Å². The number of pyridine rings is 1. The standard InChI is InChI=1S/C35H35Cl2N7O/c36-28-7-5-27(6-8-28)34(40-31-11-13-38-32-23-29(37)9-10-30(31)32)26-3-1-25(2-4-26)24-42-15-17-43(18-16-42)33-12-14-39-35(41-33)44-19-21-45-22-20-44/h1-14,23,34H,15-22,24H2,(H,38,40). The molecule has 0 aliphatic carbocycles. The zero-order valence-electron chi connectivity index (χ0n) is 24.9. The number of fused-ring (bicyclic) bond motifs is 1. The van der Waals surface area contributed by atoms with Gasteiger partial charge in [-0.3, -0.25) is 9.88 Å². The summed E-state index contributed by atoms with van der Waals surface area (Å²) in [5, 5.41) is 6.19. The molecule has 0 spiro atoms. The first-order valence-corrected chi connectivity index (χ1v) is 16.1. The number of halogens is 2. The van der Waals surface area contributed by atoms with E-state index in [1.807, 2.05) is 54.9 Å². The van der Waals surface area contributed by atoms with Gasteiger partial charge in [0.25, 0.3) is 0 Å². The SMILES string of the molecule is Clc1ccc(C(Nc2ccnc3cc(Cl)ccc23)c2ccc(CN3CCN(c4ccnc(N5CCOCC5)n4)CC3)cc2)cc1. The normalized spacial score (nSPS) is 16.6. The number of aromatic nitrogens is 3. The fourth-order valence-corrected chi connectivity index (χ4v) is 6.35. The molecule has 2 aromatic heterocycles. The number of piperazine rings is 1. The van der Waals surface area contributed by atoms with Gasteiger partial charge < -0.3 is 19.9 Å². The van der Waals surface area contributed by atoms with Gasteiger partial charge in [0.1, 0.15) is 5.82 Å². The van der Waals surface area contributed by atoms with Crippen molar-refractivity contribution in [3.05, 3.63) is 118 Å². The Bertz CT molecular complexity index is 1740. The summed E-state index contributed by atoms with van der Waals surface area (Å²) in [6, 6.07) is 26.8. The molecule has 0 radical (unpaired) electrons. The van der Waals surface area contributed by atoms with Crippen LogP contribution in [-0.2, 0) is 11.3 Å². The van der Waals surface area contributed by atoms with Gasteiger partial charge in [0.2, 0.25) is 5.95 Å². The minimum absolute atomic E-state index is 0.0728. The third-order valence-corrected chi connectivity index (χ3v) is 9.03. The summed E-state index contributed by atoms with van der Waals surface area (Å²) in [4.78, 5) is 21.0. The van der Waals surface area contributed by atoms with Gasteiger partial charge in [-0.15, -0.1) is 0 Å². The monoisotopic (exact) mass is 639 g/mol. The average Bonchev–Trinajstić information content (AvgIpc) is 3.09. The van der Waals surface area contributed by atoms with E-state index in [4.69, 9.17) is 32.9 Å². The van der Waals surface area contributed by atoms with Gasteiger partial charge in [0, 0.05) is 79.3 Å². The molecule has 3 aromatic carbocycles. The highest BCUT2D eigenvalue weighted by Gasteiger charge is 2.21. The first-order valence-electron chi connectivity index (χ1n) is 15.4. The topological polar surface area (TPSA) is 69.7 Å². The van der Waals surface area contributed by atoms with Crippen LogP contribution in [-0.4, -0.2) is 72.3 Å². The Labute approximate surface area is 273 Å². The molecule has 45 heavy (non-hydrogen) atoms. The van der Waals surface area contributed by atoms with Gasteiger partial charge in [0.15, 0.2) is 0 Å². The van der Waals surface area contributed by atoms with Crippen molar-refractivity contribution in [2.45, 2.75) is 12.6 Å². The van der Waals surface area contributed by atoms with E-state index in [0.717, 1.165) is 92.9 Å². The van der Waals surface area contributed by atoms with Crippen LogP contribution < -0.4 is 15.1 Å². The first kappa shape index (κ1) is 29.7. The fraction of sp³-hybridized carbons (Fsp3) is 0.286. The van der Waals surface area contributed by atoms with Crippen LogP contribution in [0, 0.1) is 0 Å². The highest BCUT2D eigenvalue weighted by molar-refractivity contribution is 6.31. The van der Waals surface area contributed by atoms with Gasteiger partial charge in [-0.2, -0.15) is 4.98 Å². The lowest BCUT2D eigenvalue weighted by Gasteiger charge is -2.36. The van der Waals surface area contributed by atoms with Gasteiger partial charge in [-0.1, -0.05) is 59.6 Å². The molecule has 5 aromatic rings. The molecule has 0 saturated carbocycles.